The molecule has 6 fully saturated rings. The van der Waals surface area contributed by atoms with Crippen LogP contribution in [-0.2, 0) is 19.1 Å². The number of ketones is 1. The van der Waals surface area contributed by atoms with Gasteiger partial charge in [0.2, 0.25) is 0 Å². The van der Waals surface area contributed by atoms with Crippen LogP contribution in [0.15, 0.2) is 0 Å². The monoisotopic (exact) mass is 500 g/mol. The van der Waals surface area contributed by atoms with E-state index in [9.17, 15) is 14.7 Å². The highest BCUT2D eigenvalue weighted by Crippen LogP contribution is 2.77. The third-order valence-corrected chi connectivity index (χ3v) is 13.7. The van der Waals surface area contributed by atoms with Crippen molar-refractivity contribution >= 4 is 11.8 Å². The van der Waals surface area contributed by atoms with Crippen LogP contribution in [0.25, 0.3) is 0 Å². The first kappa shape index (κ1) is 25.3. The molecule has 1 N–H and O–H groups in total. The SMILES string of the molecule is COC(=O)[C@]12CCC(C)(C)CC1C1C(O)C(=O)C3[C@@]4(C)CC5OC5C(C)(C)C4CC[C@@]3(C)[C@]1(C)CC2. The number of epoxide rings is 1. The zero-order chi connectivity index (χ0) is 26.3. The van der Waals surface area contributed by atoms with Crippen molar-refractivity contribution in [2.45, 2.75) is 118 Å². The largest absolute Gasteiger partial charge is 0.469 e. The molecule has 36 heavy (non-hydrogen) atoms. The number of Topliss-reactive ketones (excluding diaryl/α,β-unsaturated/α-hetero) is 1. The van der Waals surface area contributed by atoms with Crippen LogP contribution in [-0.4, -0.2) is 42.3 Å². The third kappa shape index (κ3) is 2.81. The van der Waals surface area contributed by atoms with E-state index in [1.54, 1.807) is 0 Å². The maximum absolute atomic E-state index is 14.5. The van der Waals surface area contributed by atoms with Crippen LogP contribution in [0, 0.1) is 56.2 Å². The van der Waals surface area contributed by atoms with Gasteiger partial charge in [0.1, 0.15) is 6.10 Å². The van der Waals surface area contributed by atoms with Crippen molar-refractivity contribution in [3.63, 3.8) is 0 Å². The highest BCUT2D eigenvalue weighted by molar-refractivity contribution is 5.89. The van der Waals surface area contributed by atoms with E-state index in [1.807, 2.05) is 0 Å². The quantitative estimate of drug-likeness (QED) is 0.376. The molecule has 0 amide bonds. The molecule has 0 spiro atoms. The van der Waals surface area contributed by atoms with Gasteiger partial charge in [0, 0.05) is 11.8 Å². The summed E-state index contributed by atoms with van der Waals surface area (Å²) in [6, 6.07) is 0. The molecule has 0 aromatic carbocycles. The van der Waals surface area contributed by atoms with Crippen LogP contribution in [0.3, 0.4) is 0 Å². The molecule has 0 bridgehead atoms. The summed E-state index contributed by atoms with van der Waals surface area (Å²) >= 11 is 0. The predicted octanol–water partition coefficient (Wildman–Crippen LogP) is 5.57. The Morgan fingerprint density at radius 1 is 0.944 bits per heavy atom. The molecule has 1 aliphatic heterocycles. The van der Waals surface area contributed by atoms with Crippen molar-refractivity contribution in [3.8, 4) is 0 Å². The van der Waals surface area contributed by atoms with Gasteiger partial charge in [0.25, 0.3) is 0 Å². The highest BCUT2D eigenvalue weighted by atomic mass is 16.6. The van der Waals surface area contributed by atoms with Crippen LogP contribution in [0.4, 0.5) is 0 Å². The minimum Gasteiger partial charge on any atom is -0.469 e. The van der Waals surface area contributed by atoms with E-state index in [2.05, 4.69) is 48.5 Å². The maximum atomic E-state index is 14.5. The minimum absolute atomic E-state index is 0.0337. The first-order valence-electron chi connectivity index (χ1n) is 14.5. The number of fused-ring (bicyclic) bond motifs is 8. The second-order valence-corrected chi connectivity index (χ2v) is 16.0. The zero-order valence-corrected chi connectivity index (χ0v) is 23.8. The Labute approximate surface area is 217 Å². The lowest BCUT2D eigenvalue weighted by atomic mass is 9.31. The standard InChI is InChI=1S/C31H48O5/c1-26(2)11-13-31(25(34)35-8)14-12-29(6)20(17(31)15-26)21(32)22(33)23-28(5)16-18-24(36-18)27(3,4)19(28)9-10-30(23,29)7/h17-21,23-24,32H,9-16H2,1-8H3/t17?,18?,19?,20?,21?,23?,24?,28-,29+,30+,31-/m0/s1. The Morgan fingerprint density at radius 2 is 1.61 bits per heavy atom. The molecule has 1 saturated heterocycles. The van der Waals surface area contributed by atoms with Gasteiger partial charge in [0.05, 0.1) is 24.7 Å². The number of aliphatic hydroxyl groups excluding tert-OH is 1. The molecule has 0 aromatic rings. The molecule has 7 unspecified atom stereocenters. The van der Waals surface area contributed by atoms with E-state index in [0.717, 1.165) is 51.4 Å². The lowest BCUT2D eigenvalue weighted by Crippen LogP contribution is -2.73. The molecule has 6 aliphatic rings. The molecule has 0 aromatic heterocycles. The first-order valence-corrected chi connectivity index (χ1v) is 14.5. The fourth-order valence-electron chi connectivity index (χ4n) is 11.8. The summed E-state index contributed by atoms with van der Waals surface area (Å²) in [7, 11) is 1.50. The molecule has 6 rings (SSSR count). The molecular weight excluding hydrogens is 452 g/mol. The van der Waals surface area contributed by atoms with E-state index < -0.39 is 11.5 Å². The normalized spacial score (nSPS) is 56.2. The topological polar surface area (TPSA) is 76.1 Å². The number of methoxy groups -OCH3 is 1. The van der Waals surface area contributed by atoms with Gasteiger partial charge >= 0.3 is 5.97 Å². The molecule has 202 valence electrons. The number of carbonyl (C=O) groups excluding carboxylic acids is 2. The Balaban J connectivity index is 1.47. The van der Waals surface area contributed by atoms with Crippen molar-refractivity contribution < 1.29 is 24.2 Å². The van der Waals surface area contributed by atoms with Gasteiger partial charge in [-0.05, 0) is 90.3 Å². The number of carbonyl (C=O) groups is 2. The smallest absolute Gasteiger partial charge is 0.312 e. The number of hydrogen-bond donors (Lipinski definition) is 1. The number of ether oxygens (including phenoxy) is 2. The van der Waals surface area contributed by atoms with Crippen molar-refractivity contribution in [1.29, 1.82) is 0 Å². The minimum atomic E-state index is -1.02. The van der Waals surface area contributed by atoms with Gasteiger partial charge < -0.3 is 14.6 Å². The fraction of sp³-hybridized carbons (Fsp3) is 0.935. The summed E-state index contributed by atoms with van der Waals surface area (Å²) in [5, 5.41) is 12.0. The zero-order valence-electron chi connectivity index (χ0n) is 23.8. The van der Waals surface area contributed by atoms with Crippen LogP contribution < -0.4 is 0 Å². The summed E-state index contributed by atoms with van der Waals surface area (Å²) in [6.45, 7) is 16.3. The van der Waals surface area contributed by atoms with Crippen LogP contribution in [0.5, 0.6) is 0 Å². The molecule has 0 radical (unpaired) electrons. The fourth-order valence-corrected chi connectivity index (χ4v) is 11.8. The molecular formula is C31H48O5. The number of aliphatic hydroxyl groups is 1. The van der Waals surface area contributed by atoms with Gasteiger partial charge in [-0.25, -0.2) is 0 Å². The summed E-state index contributed by atoms with van der Waals surface area (Å²) in [5.74, 6) is -0.0835. The van der Waals surface area contributed by atoms with E-state index in [-0.39, 0.29) is 62.7 Å². The van der Waals surface area contributed by atoms with Crippen molar-refractivity contribution in [3.05, 3.63) is 0 Å². The van der Waals surface area contributed by atoms with Gasteiger partial charge in [-0.1, -0.05) is 48.5 Å². The Kier molecular flexibility index (Phi) is 5.05. The van der Waals surface area contributed by atoms with Crippen molar-refractivity contribution in [2.24, 2.45) is 56.2 Å². The summed E-state index contributed by atoms with van der Waals surface area (Å²) in [4.78, 5) is 27.9. The molecule has 5 saturated carbocycles. The summed E-state index contributed by atoms with van der Waals surface area (Å²) < 4.78 is 11.6. The van der Waals surface area contributed by atoms with E-state index in [4.69, 9.17) is 9.47 Å². The first-order chi connectivity index (χ1) is 16.6. The summed E-state index contributed by atoms with van der Waals surface area (Å²) in [5.41, 5.74) is -1.05. The van der Waals surface area contributed by atoms with Gasteiger partial charge in [0.15, 0.2) is 5.78 Å². The molecule has 11 atom stereocenters. The van der Waals surface area contributed by atoms with Crippen LogP contribution in [0.2, 0.25) is 0 Å². The maximum Gasteiger partial charge on any atom is 0.312 e. The predicted molar refractivity (Wildman–Crippen MR) is 137 cm³/mol. The van der Waals surface area contributed by atoms with Crippen molar-refractivity contribution in [1.82, 2.24) is 0 Å². The Hall–Kier alpha value is -0.940. The third-order valence-electron chi connectivity index (χ3n) is 13.7. The van der Waals surface area contributed by atoms with Gasteiger partial charge in [-0.3, -0.25) is 9.59 Å². The van der Waals surface area contributed by atoms with E-state index >= 15 is 0 Å². The van der Waals surface area contributed by atoms with Gasteiger partial charge in [-0.2, -0.15) is 0 Å². The summed E-state index contributed by atoms with van der Waals surface area (Å²) in [6.07, 6.45) is 6.87. The van der Waals surface area contributed by atoms with E-state index in [0.29, 0.717) is 12.0 Å². The second kappa shape index (κ2) is 7.17. The average Bonchev–Trinajstić information content (AvgIpc) is 3.56. The lowest BCUT2D eigenvalue weighted by Gasteiger charge is -2.72. The highest BCUT2D eigenvalue weighted by Gasteiger charge is 2.77. The van der Waals surface area contributed by atoms with Crippen molar-refractivity contribution in [2.75, 3.05) is 7.11 Å². The average molecular weight is 501 g/mol. The van der Waals surface area contributed by atoms with Gasteiger partial charge in [-0.15, -0.1) is 0 Å². The molecule has 1 heterocycles. The molecule has 5 heteroatoms. The van der Waals surface area contributed by atoms with E-state index in [1.165, 1.54) is 7.11 Å². The molecule has 5 aliphatic carbocycles. The Morgan fingerprint density at radius 3 is 2.28 bits per heavy atom. The van der Waals surface area contributed by atoms with Crippen LogP contribution in [0.1, 0.15) is 99.8 Å². The lowest BCUT2D eigenvalue weighted by molar-refractivity contribution is -0.255. The second-order valence-electron chi connectivity index (χ2n) is 16.0. The number of hydrogen-bond acceptors (Lipinski definition) is 5. The Bertz CT molecular complexity index is 1000. The molecule has 5 nitrogen and oxygen atoms in total. The van der Waals surface area contributed by atoms with Crippen LogP contribution >= 0.6 is 0 Å². The number of esters is 1. The number of rotatable bonds is 1.